The van der Waals surface area contributed by atoms with Crippen molar-refractivity contribution in [1.82, 2.24) is 9.13 Å². The molecular weight excluding hydrogens is 364 g/mol. The Kier molecular flexibility index (Phi) is 4.51. The molecule has 0 atom stereocenters. The van der Waals surface area contributed by atoms with Crippen molar-refractivity contribution in [3.63, 3.8) is 0 Å². The van der Waals surface area contributed by atoms with Gasteiger partial charge in [0.25, 0.3) is 0 Å². The lowest BCUT2D eigenvalue weighted by Crippen LogP contribution is -2.05. The van der Waals surface area contributed by atoms with Gasteiger partial charge in [0.2, 0.25) is 0 Å². The van der Waals surface area contributed by atoms with Crippen LogP contribution in [0.5, 0.6) is 0 Å². The molecule has 30 heavy (non-hydrogen) atoms. The van der Waals surface area contributed by atoms with Crippen LogP contribution in [0.4, 0.5) is 0 Å². The molecule has 0 fully saturated rings. The number of hydrogen-bond acceptors (Lipinski definition) is 0. The SMILES string of the molecule is CC(C)c1cc2ccccc2n1-c1cccc(-n2c(C(C)C)cc3ccccc32)c1. The fourth-order valence-corrected chi connectivity index (χ4v) is 4.55. The lowest BCUT2D eigenvalue weighted by Gasteiger charge is -2.17. The predicted octanol–water partition coefficient (Wildman–Crippen LogP) is 7.82. The maximum atomic E-state index is 2.42. The van der Waals surface area contributed by atoms with E-state index in [0.29, 0.717) is 11.8 Å². The zero-order valence-corrected chi connectivity index (χ0v) is 18.1. The molecule has 0 spiro atoms. The first kappa shape index (κ1) is 18.7. The van der Waals surface area contributed by atoms with Gasteiger partial charge in [0.05, 0.1) is 11.0 Å². The molecule has 0 amide bonds. The van der Waals surface area contributed by atoms with E-state index in [1.807, 2.05) is 0 Å². The molecule has 0 N–H and O–H groups in total. The molecular formula is C28H28N2. The van der Waals surface area contributed by atoms with Crippen LogP contribution in [0.1, 0.15) is 50.9 Å². The highest BCUT2D eigenvalue weighted by Crippen LogP contribution is 2.32. The van der Waals surface area contributed by atoms with Gasteiger partial charge in [-0.05, 0) is 54.3 Å². The maximum absolute atomic E-state index is 2.42. The first-order valence-corrected chi connectivity index (χ1v) is 10.9. The minimum Gasteiger partial charge on any atom is -0.313 e. The summed E-state index contributed by atoms with van der Waals surface area (Å²) in [7, 11) is 0. The largest absolute Gasteiger partial charge is 0.313 e. The van der Waals surface area contributed by atoms with Crippen LogP contribution in [0.25, 0.3) is 33.2 Å². The topological polar surface area (TPSA) is 9.86 Å². The third kappa shape index (κ3) is 2.95. The second-order valence-electron chi connectivity index (χ2n) is 8.76. The van der Waals surface area contributed by atoms with E-state index in [-0.39, 0.29) is 0 Å². The second kappa shape index (κ2) is 7.21. The Labute approximate surface area is 178 Å². The summed E-state index contributed by atoms with van der Waals surface area (Å²) >= 11 is 0. The van der Waals surface area contributed by atoms with Crippen LogP contribution in [0.3, 0.4) is 0 Å². The molecule has 0 saturated heterocycles. The van der Waals surface area contributed by atoms with E-state index < -0.39 is 0 Å². The Bertz CT molecular complexity index is 1250. The van der Waals surface area contributed by atoms with Crippen molar-refractivity contribution in [2.45, 2.75) is 39.5 Å². The normalized spacial score (nSPS) is 11.9. The zero-order chi connectivity index (χ0) is 20.8. The first-order valence-electron chi connectivity index (χ1n) is 10.9. The Hall–Kier alpha value is -3.26. The molecule has 5 aromatic rings. The van der Waals surface area contributed by atoms with E-state index in [9.17, 15) is 0 Å². The summed E-state index contributed by atoms with van der Waals surface area (Å²) < 4.78 is 4.84. The smallest absolute Gasteiger partial charge is 0.0531 e. The van der Waals surface area contributed by atoms with Crippen LogP contribution in [0.15, 0.2) is 84.9 Å². The van der Waals surface area contributed by atoms with E-state index in [1.54, 1.807) is 0 Å². The van der Waals surface area contributed by atoms with Gasteiger partial charge in [0.15, 0.2) is 0 Å². The molecule has 0 unspecified atom stereocenters. The number of nitrogens with zero attached hydrogens (tertiary/aromatic N) is 2. The lowest BCUT2D eigenvalue weighted by molar-refractivity contribution is 0.789. The molecule has 2 heteroatoms. The molecule has 0 aliphatic heterocycles. The minimum atomic E-state index is 0.444. The highest BCUT2D eigenvalue weighted by Gasteiger charge is 2.16. The molecule has 2 nitrogen and oxygen atoms in total. The summed E-state index contributed by atoms with van der Waals surface area (Å²) in [4.78, 5) is 0. The van der Waals surface area contributed by atoms with Crippen molar-refractivity contribution in [1.29, 1.82) is 0 Å². The third-order valence-electron chi connectivity index (χ3n) is 6.01. The summed E-state index contributed by atoms with van der Waals surface area (Å²) in [6, 6.07) is 31.0. The van der Waals surface area contributed by atoms with E-state index in [1.165, 1.54) is 44.6 Å². The van der Waals surface area contributed by atoms with Crippen molar-refractivity contribution in [2.75, 3.05) is 0 Å². The van der Waals surface area contributed by atoms with Gasteiger partial charge >= 0.3 is 0 Å². The summed E-state index contributed by atoms with van der Waals surface area (Å²) in [5.74, 6) is 0.888. The van der Waals surface area contributed by atoms with Crippen LogP contribution in [0, 0.1) is 0 Å². The standard InChI is InChI=1S/C28H28N2/c1-19(2)27-16-21-10-5-7-14-25(21)29(27)23-12-9-13-24(18-23)30-26-15-8-6-11-22(26)17-28(30)20(3)4/h5-20H,1-4H3. The molecule has 3 aromatic carbocycles. The Balaban J connectivity index is 1.77. The van der Waals surface area contributed by atoms with Crippen LogP contribution < -0.4 is 0 Å². The van der Waals surface area contributed by atoms with Gasteiger partial charge in [-0.2, -0.15) is 0 Å². The molecule has 150 valence electrons. The molecule has 5 rings (SSSR count). The van der Waals surface area contributed by atoms with Crippen molar-refractivity contribution in [2.24, 2.45) is 0 Å². The minimum absolute atomic E-state index is 0.444. The highest BCUT2D eigenvalue weighted by atomic mass is 15.0. The first-order chi connectivity index (χ1) is 14.5. The van der Waals surface area contributed by atoms with Gasteiger partial charge in [0.1, 0.15) is 0 Å². The lowest BCUT2D eigenvalue weighted by atomic mass is 10.1. The van der Waals surface area contributed by atoms with Crippen LogP contribution >= 0.6 is 0 Å². The van der Waals surface area contributed by atoms with E-state index in [2.05, 4.69) is 122 Å². The number of hydrogen-bond donors (Lipinski definition) is 0. The van der Waals surface area contributed by atoms with Crippen LogP contribution in [0.2, 0.25) is 0 Å². The van der Waals surface area contributed by atoms with E-state index >= 15 is 0 Å². The van der Waals surface area contributed by atoms with Gasteiger partial charge < -0.3 is 9.13 Å². The number of aromatic nitrogens is 2. The predicted molar refractivity (Wildman–Crippen MR) is 128 cm³/mol. The molecule has 0 aliphatic carbocycles. The number of fused-ring (bicyclic) bond motifs is 2. The molecule has 2 heterocycles. The maximum Gasteiger partial charge on any atom is 0.0531 e. The molecule has 0 aliphatic rings. The molecule has 2 aromatic heterocycles. The number of rotatable bonds is 4. The summed E-state index contributed by atoms with van der Waals surface area (Å²) in [5.41, 5.74) is 7.64. The number of benzene rings is 3. The van der Waals surface area contributed by atoms with Gasteiger partial charge in [-0.3, -0.25) is 0 Å². The average Bonchev–Trinajstić information content (AvgIpc) is 3.33. The van der Waals surface area contributed by atoms with Crippen molar-refractivity contribution in [3.8, 4) is 11.4 Å². The van der Waals surface area contributed by atoms with Gasteiger partial charge in [-0.25, -0.2) is 0 Å². The summed E-state index contributed by atoms with van der Waals surface area (Å²) in [6.45, 7) is 9.07. The Morgan fingerprint density at radius 1 is 0.500 bits per heavy atom. The average molecular weight is 393 g/mol. The van der Waals surface area contributed by atoms with Gasteiger partial charge in [-0.1, -0.05) is 70.2 Å². The highest BCUT2D eigenvalue weighted by molar-refractivity contribution is 5.85. The summed E-state index contributed by atoms with van der Waals surface area (Å²) in [6.07, 6.45) is 0. The van der Waals surface area contributed by atoms with Gasteiger partial charge in [0, 0.05) is 33.5 Å². The van der Waals surface area contributed by atoms with Crippen molar-refractivity contribution >= 4 is 21.8 Å². The third-order valence-corrected chi connectivity index (χ3v) is 6.01. The monoisotopic (exact) mass is 392 g/mol. The Morgan fingerprint density at radius 3 is 1.37 bits per heavy atom. The van der Waals surface area contributed by atoms with Crippen LogP contribution in [-0.2, 0) is 0 Å². The van der Waals surface area contributed by atoms with Crippen LogP contribution in [-0.4, -0.2) is 9.13 Å². The van der Waals surface area contributed by atoms with E-state index in [0.717, 1.165) is 0 Å². The van der Waals surface area contributed by atoms with Crippen molar-refractivity contribution in [3.05, 3.63) is 96.3 Å². The van der Waals surface area contributed by atoms with Gasteiger partial charge in [-0.15, -0.1) is 0 Å². The summed E-state index contributed by atoms with van der Waals surface area (Å²) in [5, 5.41) is 2.58. The molecule has 0 radical (unpaired) electrons. The molecule has 0 bridgehead atoms. The quantitative estimate of drug-likeness (QED) is 0.295. The molecule has 0 saturated carbocycles. The fourth-order valence-electron chi connectivity index (χ4n) is 4.55. The second-order valence-corrected chi connectivity index (χ2v) is 8.76. The van der Waals surface area contributed by atoms with Crippen molar-refractivity contribution < 1.29 is 0 Å². The fraction of sp³-hybridized carbons (Fsp3) is 0.214. The zero-order valence-electron chi connectivity index (χ0n) is 18.1. The number of para-hydroxylation sites is 2. The Morgan fingerprint density at radius 2 is 0.933 bits per heavy atom. The van der Waals surface area contributed by atoms with E-state index in [4.69, 9.17) is 0 Å².